The zero-order valence-corrected chi connectivity index (χ0v) is 12.9. The van der Waals surface area contributed by atoms with Gasteiger partial charge in [0.15, 0.2) is 0 Å². The highest BCUT2D eigenvalue weighted by Crippen LogP contribution is 2.36. The van der Waals surface area contributed by atoms with E-state index in [0.29, 0.717) is 0 Å². The molecule has 18 heavy (non-hydrogen) atoms. The van der Waals surface area contributed by atoms with E-state index in [1.54, 1.807) is 7.11 Å². The van der Waals surface area contributed by atoms with Crippen molar-refractivity contribution in [2.45, 2.75) is 65.3 Å². The summed E-state index contributed by atoms with van der Waals surface area (Å²) in [6, 6.07) is 0.771. The van der Waals surface area contributed by atoms with E-state index in [4.69, 9.17) is 4.74 Å². The molecule has 1 aliphatic carbocycles. The number of ether oxygens (including phenoxy) is 1. The Balaban J connectivity index is 2.39. The zero-order chi connectivity index (χ0) is 13.4. The van der Waals surface area contributed by atoms with Gasteiger partial charge in [0.25, 0.3) is 0 Å². The first-order valence-corrected chi connectivity index (χ1v) is 7.91. The lowest BCUT2D eigenvalue weighted by Gasteiger charge is -2.38. The Labute approximate surface area is 114 Å². The average molecular weight is 255 g/mol. The Hall–Kier alpha value is -0.0800. The topological polar surface area (TPSA) is 21.3 Å². The fourth-order valence-corrected chi connectivity index (χ4v) is 3.41. The van der Waals surface area contributed by atoms with Crippen molar-refractivity contribution in [3.63, 3.8) is 0 Å². The third kappa shape index (κ3) is 5.27. The van der Waals surface area contributed by atoms with Crippen LogP contribution in [0.2, 0.25) is 0 Å². The van der Waals surface area contributed by atoms with Crippen LogP contribution in [0.3, 0.4) is 0 Å². The molecule has 0 aromatic heterocycles. The van der Waals surface area contributed by atoms with Gasteiger partial charge in [0.2, 0.25) is 0 Å². The molecular formula is C16H33NO. The van der Waals surface area contributed by atoms with Crippen LogP contribution in [0.5, 0.6) is 0 Å². The van der Waals surface area contributed by atoms with Crippen LogP contribution < -0.4 is 5.32 Å². The quantitative estimate of drug-likeness (QED) is 0.665. The average Bonchev–Trinajstić information content (AvgIpc) is 2.36. The third-order valence-electron chi connectivity index (χ3n) is 4.61. The minimum atomic E-state index is 0.771. The van der Waals surface area contributed by atoms with Crippen LogP contribution >= 0.6 is 0 Å². The predicted molar refractivity (Wildman–Crippen MR) is 78.9 cm³/mol. The molecule has 0 spiro atoms. The molecule has 3 atom stereocenters. The van der Waals surface area contributed by atoms with Crippen molar-refractivity contribution in [3.8, 4) is 0 Å². The molecule has 2 nitrogen and oxygen atoms in total. The first kappa shape index (κ1) is 16.0. The summed E-state index contributed by atoms with van der Waals surface area (Å²) in [4.78, 5) is 0. The van der Waals surface area contributed by atoms with Gasteiger partial charge in [0.1, 0.15) is 0 Å². The molecule has 108 valence electrons. The Morgan fingerprint density at radius 1 is 1.22 bits per heavy atom. The summed E-state index contributed by atoms with van der Waals surface area (Å²) in [5, 5.41) is 3.70. The molecular weight excluding hydrogens is 222 g/mol. The standard InChI is InChI=1S/C16H33NO/c1-5-17-16-10-9-14(13(2)3)12-15(16)8-6-7-11-18-4/h13-17H,5-12H2,1-4H3. The summed E-state index contributed by atoms with van der Waals surface area (Å²) in [7, 11) is 1.80. The highest BCUT2D eigenvalue weighted by molar-refractivity contribution is 4.85. The monoisotopic (exact) mass is 255 g/mol. The Morgan fingerprint density at radius 3 is 2.61 bits per heavy atom. The summed E-state index contributed by atoms with van der Waals surface area (Å²) in [5.41, 5.74) is 0. The lowest BCUT2D eigenvalue weighted by molar-refractivity contribution is 0.151. The van der Waals surface area contributed by atoms with E-state index >= 15 is 0 Å². The number of nitrogens with one attached hydrogen (secondary N) is 1. The smallest absolute Gasteiger partial charge is 0.0462 e. The molecule has 1 aliphatic rings. The molecule has 0 heterocycles. The van der Waals surface area contributed by atoms with Gasteiger partial charge >= 0.3 is 0 Å². The van der Waals surface area contributed by atoms with E-state index in [9.17, 15) is 0 Å². The van der Waals surface area contributed by atoms with Crippen LogP contribution in [0, 0.1) is 17.8 Å². The molecule has 3 unspecified atom stereocenters. The number of hydrogen-bond donors (Lipinski definition) is 1. The van der Waals surface area contributed by atoms with Crippen molar-refractivity contribution in [2.75, 3.05) is 20.3 Å². The van der Waals surface area contributed by atoms with Gasteiger partial charge in [-0.25, -0.2) is 0 Å². The first-order chi connectivity index (χ1) is 8.69. The van der Waals surface area contributed by atoms with Gasteiger partial charge in [-0.3, -0.25) is 0 Å². The molecule has 0 aromatic rings. The van der Waals surface area contributed by atoms with Crippen LogP contribution in [0.1, 0.15) is 59.3 Å². The van der Waals surface area contributed by atoms with E-state index in [0.717, 1.165) is 36.9 Å². The summed E-state index contributed by atoms with van der Waals surface area (Å²) in [6.45, 7) is 9.05. The SMILES string of the molecule is CCNC1CCC(C(C)C)CC1CCCCOC. The van der Waals surface area contributed by atoms with Crippen molar-refractivity contribution in [1.82, 2.24) is 5.32 Å². The van der Waals surface area contributed by atoms with E-state index in [1.165, 1.54) is 38.5 Å². The molecule has 2 heteroatoms. The second-order valence-corrected chi connectivity index (χ2v) is 6.23. The molecule has 0 saturated heterocycles. The Bertz CT molecular complexity index is 205. The Kier molecular flexibility index (Phi) is 7.92. The maximum Gasteiger partial charge on any atom is 0.0462 e. The number of methoxy groups -OCH3 is 1. The fraction of sp³-hybridized carbons (Fsp3) is 1.00. The van der Waals surface area contributed by atoms with Gasteiger partial charge in [-0.2, -0.15) is 0 Å². The van der Waals surface area contributed by atoms with E-state index < -0.39 is 0 Å². The van der Waals surface area contributed by atoms with Crippen molar-refractivity contribution in [2.24, 2.45) is 17.8 Å². The van der Waals surface area contributed by atoms with Gasteiger partial charge in [-0.1, -0.05) is 27.2 Å². The van der Waals surface area contributed by atoms with E-state index in [1.807, 2.05) is 0 Å². The van der Waals surface area contributed by atoms with Crippen molar-refractivity contribution >= 4 is 0 Å². The predicted octanol–water partition coefficient (Wildman–Crippen LogP) is 3.85. The fourth-order valence-electron chi connectivity index (χ4n) is 3.41. The molecule has 1 N–H and O–H groups in total. The number of rotatable bonds is 8. The van der Waals surface area contributed by atoms with Crippen LogP contribution in [-0.2, 0) is 4.74 Å². The molecule has 0 radical (unpaired) electrons. The van der Waals surface area contributed by atoms with Crippen molar-refractivity contribution in [3.05, 3.63) is 0 Å². The van der Waals surface area contributed by atoms with Crippen LogP contribution in [-0.4, -0.2) is 26.3 Å². The highest BCUT2D eigenvalue weighted by Gasteiger charge is 2.30. The Morgan fingerprint density at radius 2 is 2.00 bits per heavy atom. The van der Waals surface area contributed by atoms with Gasteiger partial charge < -0.3 is 10.1 Å². The molecule has 1 fully saturated rings. The second kappa shape index (κ2) is 8.92. The van der Waals surface area contributed by atoms with Gasteiger partial charge in [-0.05, 0) is 56.4 Å². The minimum Gasteiger partial charge on any atom is -0.385 e. The van der Waals surface area contributed by atoms with Crippen LogP contribution in [0.25, 0.3) is 0 Å². The van der Waals surface area contributed by atoms with Crippen molar-refractivity contribution in [1.29, 1.82) is 0 Å². The van der Waals surface area contributed by atoms with Crippen molar-refractivity contribution < 1.29 is 4.74 Å². The summed E-state index contributed by atoms with van der Waals surface area (Å²) in [6.07, 6.45) is 8.16. The molecule has 0 amide bonds. The maximum atomic E-state index is 5.15. The lowest BCUT2D eigenvalue weighted by Crippen LogP contribution is -2.41. The van der Waals surface area contributed by atoms with Gasteiger partial charge in [-0.15, -0.1) is 0 Å². The second-order valence-electron chi connectivity index (χ2n) is 6.23. The van der Waals surface area contributed by atoms with Gasteiger partial charge in [0, 0.05) is 19.8 Å². The van der Waals surface area contributed by atoms with Gasteiger partial charge in [0.05, 0.1) is 0 Å². The molecule has 0 bridgehead atoms. The molecule has 0 aromatic carbocycles. The van der Waals surface area contributed by atoms with Crippen LogP contribution in [0.4, 0.5) is 0 Å². The van der Waals surface area contributed by atoms with Crippen LogP contribution in [0.15, 0.2) is 0 Å². The third-order valence-corrected chi connectivity index (χ3v) is 4.61. The number of hydrogen-bond acceptors (Lipinski definition) is 2. The molecule has 1 saturated carbocycles. The lowest BCUT2D eigenvalue weighted by atomic mass is 9.72. The van der Waals surface area contributed by atoms with E-state index in [2.05, 4.69) is 26.1 Å². The number of unbranched alkanes of at least 4 members (excludes halogenated alkanes) is 1. The summed E-state index contributed by atoms with van der Waals surface area (Å²) >= 11 is 0. The molecule has 1 rings (SSSR count). The largest absolute Gasteiger partial charge is 0.385 e. The summed E-state index contributed by atoms with van der Waals surface area (Å²) in [5.74, 6) is 2.70. The first-order valence-electron chi connectivity index (χ1n) is 7.91. The van der Waals surface area contributed by atoms with E-state index in [-0.39, 0.29) is 0 Å². The minimum absolute atomic E-state index is 0.771. The zero-order valence-electron chi connectivity index (χ0n) is 12.9. The highest BCUT2D eigenvalue weighted by atomic mass is 16.5. The summed E-state index contributed by atoms with van der Waals surface area (Å²) < 4.78 is 5.15. The molecule has 0 aliphatic heterocycles. The normalized spacial score (nSPS) is 28.8. The maximum absolute atomic E-state index is 5.15.